The summed E-state index contributed by atoms with van der Waals surface area (Å²) in [5.74, 6) is 0.602. The summed E-state index contributed by atoms with van der Waals surface area (Å²) < 4.78 is 0. The Morgan fingerprint density at radius 1 is 1.12 bits per heavy atom. The number of fused-ring (bicyclic) bond motifs is 1. The van der Waals surface area contributed by atoms with Crippen LogP contribution in [-0.2, 0) is 6.42 Å². The highest BCUT2D eigenvalue weighted by Gasteiger charge is 2.24. The molecule has 126 valence electrons. The van der Waals surface area contributed by atoms with E-state index in [1.54, 1.807) is 12.3 Å². The normalized spacial score (nSPS) is 15.4. The molecule has 1 aliphatic heterocycles. The SMILES string of the molecule is O=C(c1ccncn1)N1CCC(Cc2cnc3ccccc3c2)CC1. The fourth-order valence-electron chi connectivity index (χ4n) is 3.48. The zero-order valence-electron chi connectivity index (χ0n) is 14.0. The van der Waals surface area contributed by atoms with Gasteiger partial charge >= 0.3 is 0 Å². The van der Waals surface area contributed by atoms with E-state index < -0.39 is 0 Å². The van der Waals surface area contributed by atoms with E-state index in [4.69, 9.17) is 0 Å². The van der Waals surface area contributed by atoms with Crippen LogP contribution in [0.2, 0.25) is 0 Å². The van der Waals surface area contributed by atoms with Crippen LogP contribution in [-0.4, -0.2) is 38.8 Å². The molecule has 0 aliphatic carbocycles. The molecule has 0 bridgehead atoms. The van der Waals surface area contributed by atoms with E-state index in [9.17, 15) is 4.79 Å². The Balaban J connectivity index is 1.37. The Hall–Kier alpha value is -2.82. The van der Waals surface area contributed by atoms with Crippen molar-refractivity contribution in [1.29, 1.82) is 0 Å². The Kier molecular flexibility index (Phi) is 4.37. The second-order valence-electron chi connectivity index (χ2n) is 6.57. The zero-order valence-corrected chi connectivity index (χ0v) is 14.0. The number of carbonyl (C=O) groups is 1. The number of piperidine rings is 1. The maximum absolute atomic E-state index is 12.4. The van der Waals surface area contributed by atoms with E-state index in [0.29, 0.717) is 11.6 Å². The fourth-order valence-corrected chi connectivity index (χ4v) is 3.48. The Labute approximate surface area is 146 Å². The van der Waals surface area contributed by atoms with Gasteiger partial charge < -0.3 is 4.90 Å². The number of carbonyl (C=O) groups excluding carboxylic acids is 1. The molecule has 1 fully saturated rings. The summed E-state index contributed by atoms with van der Waals surface area (Å²) in [5, 5.41) is 1.19. The minimum absolute atomic E-state index is 0.00761. The van der Waals surface area contributed by atoms with Gasteiger partial charge in [0.05, 0.1) is 5.52 Å². The van der Waals surface area contributed by atoms with Crippen molar-refractivity contribution in [3.05, 3.63) is 66.4 Å². The summed E-state index contributed by atoms with van der Waals surface area (Å²) in [6, 6.07) is 12.1. The minimum Gasteiger partial charge on any atom is -0.337 e. The van der Waals surface area contributed by atoms with Gasteiger partial charge in [0.1, 0.15) is 12.0 Å². The van der Waals surface area contributed by atoms with E-state index >= 15 is 0 Å². The first-order valence-electron chi connectivity index (χ1n) is 8.68. The lowest BCUT2D eigenvalue weighted by molar-refractivity contribution is 0.0684. The van der Waals surface area contributed by atoms with Crippen molar-refractivity contribution in [3.8, 4) is 0 Å². The third-order valence-electron chi connectivity index (χ3n) is 4.87. The molecule has 1 amide bonds. The maximum Gasteiger partial charge on any atom is 0.272 e. The first-order valence-corrected chi connectivity index (χ1v) is 8.68. The van der Waals surface area contributed by atoms with Crippen LogP contribution in [0, 0.1) is 5.92 Å². The molecular weight excluding hydrogens is 312 g/mol. The predicted octanol–water partition coefficient (Wildman–Crippen LogP) is 3.12. The topological polar surface area (TPSA) is 59.0 Å². The van der Waals surface area contributed by atoms with Gasteiger partial charge in [-0.1, -0.05) is 18.2 Å². The van der Waals surface area contributed by atoms with Crippen molar-refractivity contribution in [3.63, 3.8) is 0 Å². The summed E-state index contributed by atoms with van der Waals surface area (Å²) in [6.45, 7) is 1.57. The first-order chi connectivity index (χ1) is 12.3. The molecule has 0 unspecified atom stereocenters. The second kappa shape index (κ2) is 6.97. The largest absolute Gasteiger partial charge is 0.337 e. The molecular formula is C20H20N4O. The third kappa shape index (κ3) is 3.50. The second-order valence-corrected chi connectivity index (χ2v) is 6.57. The Bertz CT molecular complexity index is 873. The summed E-state index contributed by atoms with van der Waals surface area (Å²) in [7, 11) is 0. The number of likely N-dealkylation sites (tertiary alicyclic amines) is 1. The van der Waals surface area contributed by atoms with Crippen molar-refractivity contribution in [2.45, 2.75) is 19.3 Å². The molecule has 0 N–H and O–H groups in total. The summed E-state index contributed by atoms with van der Waals surface area (Å²) in [6.07, 6.45) is 8.08. The number of hydrogen-bond acceptors (Lipinski definition) is 4. The number of pyridine rings is 1. The van der Waals surface area contributed by atoms with Gasteiger partial charge in [-0.3, -0.25) is 9.78 Å². The summed E-state index contributed by atoms with van der Waals surface area (Å²) in [5.41, 5.74) is 2.79. The minimum atomic E-state index is 0.00761. The van der Waals surface area contributed by atoms with E-state index in [1.165, 1.54) is 17.3 Å². The highest BCUT2D eigenvalue weighted by Crippen LogP contribution is 2.23. The molecule has 0 saturated carbocycles. The molecule has 5 heteroatoms. The van der Waals surface area contributed by atoms with Crippen molar-refractivity contribution in [1.82, 2.24) is 19.9 Å². The van der Waals surface area contributed by atoms with Crippen molar-refractivity contribution >= 4 is 16.8 Å². The molecule has 3 aromatic rings. The molecule has 0 radical (unpaired) electrons. The van der Waals surface area contributed by atoms with Gasteiger partial charge in [0, 0.05) is 30.9 Å². The van der Waals surface area contributed by atoms with E-state index in [1.807, 2.05) is 29.3 Å². The fraction of sp³-hybridized carbons (Fsp3) is 0.300. The molecule has 2 aromatic heterocycles. The number of hydrogen-bond donors (Lipinski definition) is 0. The van der Waals surface area contributed by atoms with Crippen molar-refractivity contribution in [2.24, 2.45) is 5.92 Å². The smallest absolute Gasteiger partial charge is 0.272 e. The Morgan fingerprint density at radius 2 is 1.96 bits per heavy atom. The average Bonchev–Trinajstić information content (AvgIpc) is 2.69. The van der Waals surface area contributed by atoms with Gasteiger partial charge in [0.15, 0.2) is 0 Å². The predicted molar refractivity (Wildman–Crippen MR) is 96.1 cm³/mol. The number of aromatic nitrogens is 3. The molecule has 0 spiro atoms. The molecule has 3 heterocycles. The summed E-state index contributed by atoms with van der Waals surface area (Å²) >= 11 is 0. The number of benzene rings is 1. The van der Waals surface area contributed by atoms with Crippen molar-refractivity contribution in [2.75, 3.05) is 13.1 Å². The average molecular weight is 332 g/mol. The molecule has 5 nitrogen and oxygen atoms in total. The molecule has 1 saturated heterocycles. The number of para-hydroxylation sites is 1. The van der Waals surface area contributed by atoms with Crippen LogP contribution < -0.4 is 0 Å². The van der Waals surface area contributed by atoms with Gasteiger partial charge in [-0.15, -0.1) is 0 Å². The van der Waals surface area contributed by atoms with Gasteiger partial charge in [0.2, 0.25) is 0 Å². The number of amides is 1. The molecule has 0 atom stereocenters. The quantitative estimate of drug-likeness (QED) is 0.739. The van der Waals surface area contributed by atoms with Gasteiger partial charge in [-0.05, 0) is 48.9 Å². The van der Waals surface area contributed by atoms with E-state index in [2.05, 4.69) is 27.1 Å². The van der Waals surface area contributed by atoms with Crippen molar-refractivity contribution < 1.29 is 4.79 Å². The van der Waals surface area contributed by atoms with Crippen LogP contribution in [0.4, 0.5) is 0 Å². The van der Waals surface area contributed by atoms with Crippen LogP contribution in [0.25, 0.3) is 10.9 Å². The molecule has 1 aliphatic rings. The van der Waals surface area contributed by atoms with Crippen LogP contribution in [0.3, 0.4) is 0 Å². The van der Waals surface area contributed by atoms with Gasteiger partial charge in [-0.25, -0.2) is 9.97 Å². The first kappa shape index (κ1) is 15.7. The molecule has 25 heavy (non-hydrogen) atoms. The zero-order chi connectivity index (χ0) is 17.1. The monoisotopic (exact) mass is 332 g/mol. The van der Waals surface area contributed by atoms with Crippen LogP contribution >= 0.6 is 0 Å². The van der Waals surface area contributed by atoms with Gasteiger partial charge in [-0.2, -0.15) is 0 Å². The highest BCUT2D eigenvalue weighted by atomic mass is 16.2. The standard InChI is InChI=1S/C20H20N4O/c25-20(19-5-8-21-14-23-19)24-9-6-15(7-10-24)11-16-12-17-3-1-2-4-18(17)22-13-16/h1-5,8,12-15H,6-7,9-11H2. The van der Waals surface area contributed by atoms with Gasteiger partial charge in [0.25, 0.3) is 5.91 Å². The Morgan fingerprint density at radius 3 is 2.76 bits per heavy atom. The lowest BCUT2D eigenvalue weighted by Gasteiger charge is -2.31. The summed E-state index contributed by atoms with van der Waals surface area (Å²) in [4.78, 5) is 26.8. The number of rotatable bonds is 3. The molecule has 1 aromatic carbocycles. The third-order valence-corrected chi connectivity index (χ3v) is 4.87. The van der Waals surface area contributed by atoms with Crippen LogP contribution in [0.1, 0.15) is 28.9 Å². The lowest BCUT2D eigenvalue weighted by Crippen LogP contribution is -2.39. The maximum atomic E-state index is 12.4. The van der Waals surface area contributed by atoms with Crippen LogP contribution in [0.5, 0.6) is 0 Å². The number of nitrogens with zero attached hydrogens (tertiary/aromatic N) is 4. The van der Waals surface area contributed by atoms with E-state index in [-0.39, 0.29) is 5.91 Å². The molecule has 4 rings (SSSR count). The lowest BCUT2D eigenvalue weighted by atomic mass is 9.90. The highest BCUT2D eigenvalue weighted by molar-refractivity contribution is 5.92. The van der Waals surface area contributed by atoms with Crippen LogP contribution in [0.15, 0.2) is 55.1 Å². The van der Waals surface area contributed by atoms with E-state index in [0.717, 1.165) is 37.9 Å².